The molecule has 1 saturated heterocycles. The van der Waals surface area contributed by atoms with Crippen molar-refractivity contribution in [2.75, 3.05) is 26.4 Å². The predicted molar refractivity (Wildman–Crippen MR) is 106 cm³/mol. The summed E-state index contributed by atoms with van der Waals surface area (Å²) in [6.07, 6.45) is 3.73. The number of hydrogen-bond acceptors (Lipinski definition) is 5. The van der Waals surface area contributed by atoms with Crippen LogP contribution in [-0.2, 0) is 21.4 Å². The third-order valence-corrected chi connectivity index (χ3v) is 6.78. The van der Waals surface area contributed by atoms with E-state index < -0.39 is 10.0 Å². The summed E-state index contributed by atoms with van der Waals surface area (Å²) in [7, 11) is -1.68. The quantitative estimate of drug-likeness (QED) is 0.684. The molecule has 1 aliphatic rings. The van der Waals surface area contributed by atoms with Crippen LogP contribution < -0.4 is 5.56 Å². The number of amides is 1. The molecule has 1 aromatic heterocycles. The molecule has 0 atom stereocenters. The largest absolute Gasteiger partial charge is 0.341 e. The number of aromatic nitrogens is 2. The molecule has 0 saturated carbocycles. The second kappa shape index (κ2) is 7.69. The number of nitrogens with zero attached hydrogens (tertiary/aromatic N) is 4. The Hall–Kier alpha value is -1.78. The zero-order valence-electron chi connectivity index (χ0n) is 15.1. The molecule has 0 radical (unpaired) electrons. The number of benzene rings is 1. The topological polar surface area (TPSA) is 92.6 Å². The van der Waals surface area contributed by atoms with Gasteiger partial charge in [0.2, 0.25) is 15.9 Å². The molecule has 0 spiro atoms. The molecular weight excluding hydrogens is 436 g/mol. The van der Waals surface area contributed by atoms with Gasteiger partial charge in [-0.1, -0.05) is 15.9 Å². The Labute approximate surface area is 166 Å². The first-order chi connectivity index (χ1) is 12.7. The van der Waals surface area contributed by atoms with E-state index in [4.69, 9.17) is 0 Å². The molecule has 2 heterocycles. The van der Waals surface area contributed by atoms with Crippen molar-refractivity contribution in [3.05, 3.63) is 39.4 Å². The van der Waals surface area contributed by atoms with Crippen LogP contribution in [0.2, 0.25) is 0 Å². The van der Waals surface area contributed by atoms with Gasteiger partial charge >= 0.3 is 0 Å². The van der Waals surface area contributed by atoms with Crippen molar-refractivity contribution in [2.24, 2.45) is 0 Å². The number of carbonyl (C=O) groups excluding carboxylic acids is 1. The van der Waals surface area contributed by atoms with E-state index in [1.54, 1.807) is 24.1 Å². The highest BCUT2D eigenvalue weighted by Gasteiger charge is 2.29. The normalized spacial score (nSPS) is 16.2. The van der Waals surface area contributed by atoms with E-state index in [1.165, 1.54) is 21.5 Å². The number of carbonyl (C=O) groups is 1. The molecule has 10 heteroatoms. The van der Waals surface area contributed by atoms with Gasteiger partial charge in [-0.25, -0.2) is 17.7 Å². The van der Waals surface area contributed by atoms with Crippen LogP contribution in [0, 0.1) is 0 Å². The van der Waals surface area contributed by atoms with Gasteiger partial charge in [-0.05, 0) is 31.0 Å². The smallest absolute Gasteiger partial charge is 0.261 e. The molecule has 0 N–H and O–H groups in total. The van der Waals surface area contributed by atoms with Crippen molar-refractivity contribution in [3.8, 4) is 0 Å². The summed E-state index contributed by atoms with van der Waals surface area (Å²) in [4.78, 5) is 31.1. The molecule has 2 aromatic rings. The van der Waals surface area contributed by atoms with Gasteiger partial charge in [-0.3, -0.25) is 14.2 Å². The van der Waals surface area contributed by atoms with Crippen molar-refractivity contribution < 1.29 is 13.2 Å². The second-order valence-electron chi connectivity index (χ2n) is 6.73. The van der Waals surface area contributed by atoms with Gasteiger partial charge in [0.15, 0.2) is 0 Å². The molecule has 0 aliphatic carbocycles. The van der Waals surface area contributed by atoms with Crippen molar-refractivity contribution >= 4 is 42.8 Å². The van der Waals surface area contributed by atoms with Crippen molar-refractivity contribution in [2.45, 2.75) is 25.4 Å². The van der Waals surface area contributed by atoms with Crippen LogP contribution in [0.25, 0.3) is 10.9 Å². The molecule has 3 rings (SSSR count). The van der Waals surface area contributed by atoms with E-state index in [-0.39, 0.29) is 24.1 Å². The molecule has 0 bridgehead atoms. The van der Waals surface area contributed by atoms with Gasteiger partial charge in [0.05, 0.1) is 23.5 Å². The highest BCUT2D eigenvalue weighted by molar-refractivity contribution is 9.10. The van der Waals surface area contributed by atoms with E-state index in [2.05, 4.69) is 20.9 Å². The third kappa shape index (κ3) is 4.39. The van der Waals surface area contributed by atoms with E-state index >= 15 is 0 Å². The summed E-state index contributed by atoms with van der Waals surface area (Å²) in [5.41, 5.74) is 0.317. The minimum absolute atomic E-state index is 0.0825. The number of halogens is 1. The third-order valence-electron chi connectivity index (χ3n) is 4.95. The molecule has 0 unspecified atom stereocenters. The highest BCUT2D eigenvalue weighted by atomic mass is 79.9. The van der Waals surface area contributed by atoms with Gasteiger partial charge in [0.1, 0.15) is 6.54 Å². The second-order valence-corrected chi connectivity index (χ2v) is 9.69. The zero-order chi connectivity index (χ0) is 19.8. The van der Waals surface area contributed by atoms with Crippen LogP contribution in [-0.4, -0.2) is 65.5 Å². The number of piperidine rings is 1. The average molecular weight is 457 g/mol. The number of fused-ring (bicyclic) bond motifs is 1. The lowest BCUT2D eigenvalue weighted by molar-refractivity contribution is -0.133. The number of likely N-dealkylation sites (tertiary alicyclic amines) is 1. The summed E-state index contributed by atoms with van der Waals surface area (Å²) >= 11 is 3.34. The molecule has 1 aromatic carbocycles. The highest BCUT2D eigenvalue weighted by Crippen LogP contribution is 2.18. The minimum Gasteiger partial charge on any atom is -0.341 e. The Bertz CT molecular complexity index is 1030. The van der Waals surface area contributed by atoms with E-state index in [0.29, 0.717) is 36.8 Å². The molecule has 1 aliphatic heterocycles. The Morgan fingerprint density at radius 2 is 2.00 bits per heavy atom. The maximum Gasteiger partial charge on any atom is 0.261 e. The van der Waals surface area contributed by atoms with Crippen molar-refractivity contribution in [1.29, 1.82) is 0 Å². The van der Waals surface area contributed by atoms with Crippen LogP contribution in [0.1, 0.15) is 12.8 Å². The fourth-order valence-corrected chi connectivity index (χ4v) is 4.35. The Morgan fingerprint density at radius 1 is 1.33 bits per heavy atom. The standard InChI is InChI=1S/C17H21BrN4O4S/c1-20(27(2,25)26)13-5-7-21(8-6-13)16(23)10-22-11-19-15-4-3-12(18)9-14(15)17(22)24/h3-4,9,11,13H,5-8,10H2,1-2H3. The van der Waals surface area contributed by atoms with E-state index in [0.717, 1.165) is 4.47 Å². The van der Waals surface area contributed by atoms with Crippen LogP contribution >= 0.6 is 15.9 Å². The Morgan fingerprint density at radius 3 is 2.63 bits per heavy atom. The molecule has 1 fully saturated rings. The predicted octanol–water partition coefficient (Wildman–Crippen LogP) is 1.04. The number of hydrogen-bond donors (Lipinski definition) is 0. The van der Waals surface area contributed by atoms with Crippen LogP contribution in [0.15, 0.2) is 33.8 Å². The first kappa shape index (κ1) is 20.0. The van der Waals surface area contributed by atoms with E-state index in [9.17, 15) is 18.0 Å². The first-order valence-electron chi connectivity index (χ1n) is 8.52. The van der Waals surface area contributed by atoms with Crippen LogP contribution in [0.5, 0.6) is 0 Å². The number of sulfonamides is 1. The summed E-state index contributed by atoms with van der Waals surface area (Å²) in [6, 6.07) is 5.14. The van der Waals surface area contributed by atoms with Crippen molar-refractivity contribution in [3.63, 3.8) is 0 Å². The average Bonchev–Trinajstić information content (AvgIpc) is 2.63. The maximum absolute atomic E-state index is 12.6. The lowest BCUT2D eigenvalue weighted by Crippen LogP contribution is -2.48. The summed E-state index contributed by atoms with van der Waals surface area (Å²) < 4.78 is 26.8. The summed E-state index contributed by atoms with van der Waals surface area (Å²) in [6.45, 7) is 0.843. The van der Waals surface area contributed by atoms with Gasteiger partial charge < -0.3 is 4.90 Å². The van der Waals surface area contributed by atoms with Crippen molar-refractivity contribution in [1.82, 2.24) is 18.8 Å². The molecule has 1 amide bonds. The van der Waals surface area contributed by atoms with Gasteiger partial charge in [-0.2, -0.15) is 0 Å². The molecule has 146 valence electrons. The minimum atomic E-state index is -3.25. The zero-order valence-corrected chi connectivity index (χ0v) is 17.5. The molecule has 8 nitrogen and oxygen atoms in total. The Balaban J connectivity index is 1.69. The fraction of sp³-hybridized carbons (Fsp3) is 0.471. The monoisotopic (exact) mass is 456 g/mol. The van der Waals surface area contributed by atoms with Crippen LogP contribution in [0.3, 0.4) is 0 Å². The van der Waals surface area contributed by atoms with Crippen LogP contribution in [0.4, 0.5) is 0 Å². The Kier molecular flexibility index (Phi) is 5.68. The lowest BCUT2D eigenvalue weighted by atomic mass is 10.1. The van der Waals surface area contributed by atoms with Gasteiger partial charge in [0, 0.05) is 30.7 Å². The SMILES string of the molecule is CN(C1CCN(C(=O)Cn2cnc3ccc(Br)cc3c2=O)CC1)S(C)(=O)=O. The maximum atomic E-state index is 12.6. The fourth-order valence-electron chi connectivity index (χ4n) is 3.24. The van der Waals surface area contributed by atoms with E-state index in [1.807, 2.05) is 6.07 Å². The van der Waals surface area contributed by atoms with Gasteiger partial charge in [-0.15, -0.1) is 0 Å². The summed E-state index contributed by atoms with van der Waals surface area (Å²) in [5, 5.41) is 0.452. The molecular formula is C17H21BrN4O4S. The number of rotatable bonds is 4. The first-order valence-corrected chi connectivity index (χ1v) is 11.2. The van der Waals surface area contributed by atoms with Gasteiger partial charge in [0.25, 0.3) is 5.56 Å². The molecule has 27 heavy (non-hydrogen) atoms. The summed E-state index contributed by atoms with van der Waals surface area (Å²) in [5.74, 6) is -0.172. The lowest BCUT2D eigenvalue weighted by Gasteiger charge is -2.35.